The molecular formula is C10H18N2O. The Labute approximate surface area is 79.3 Å². The zero-order chi connectivity index (χ0) is 9.47. The van der Waals surface area contributed by atoms with Crippen molar-refractivity contribution in [2.24, 2.45) is 11.1 Å². The Balaban J connectivity index is 1.91. The molecule has 0 aromatic carbocycles. The van der Waals surface area contributed by atoms with Crippen molar-refractivity contribution >= 4 is 5.91 Å². The lowest BCUT2D eigenvalue weighted by atomic mass is 10.0. The minimum Gasteiger partial charge on any atom is -0.341 e. The number of hydrogen-bond donors (Lipinski definition) is 1. The van der Waals surface area contributed by atoms with Crippen LogP contribution in [0, 0.1) is 5.41 Å². The van der Waals surface area contributed by atoms with Crippen LogP contribution in [0.2, 0.25) is 0 Å². The second-order valence-corrected chi connectivity index (χ2v) is 4.59. The van der Waals surface area contributed by atoms with Gasteiger partial charge in [-0.05, 0) is 24.7 Å². The molecule has 1 saturated carbocycles. The van der Waals surface area contributed by atoms with E-state index in [4.69, 9.17) is 5.73 Å². The number of carbonyl (C=O) groups is 1. The molecule has 1 aliphatic heterocycles. The summed E-state index contributed by atoms with van der Waals surface area (Å²) in [7, 11) is 0. The van der Waals surface area contributed by atoms with E-state index in [0.717, 1.165) is 13.1 Å². The summed E-state index contributed by atoms with van der Waals surface area (Å²) in [5.74, 6) is 0.257. The average molecular weight is 182 g/mol. The molecule has 2 N–H and O–H groups in total. The van der Waals surface area contributed by atoms with E-state index in [0.29, 0.717) is 11.8 Å². The topological polar surface area (TPSA) is 46.3 Å². The zero-order valence-corrected chi connectivity index (χ0v) is 8.25. The lowest BCUT2D eigenvalue weighted by Crippen LogP contribution is -2.33. The molecule has 3 nitrogen and oxygen atoms in total. The van der Waals surface area contributed by atoms with Crippen molar-refractivity contribution in [2.45, 2.75) is 38.6 Å². The maximum absolute atomic E-state index is 11.5. The fraction of sp³-hybridized carbons (Fsp3) is 0.900. The molecular weight excluding hydrogens is 164 g/mol. The van der Waals surface area contributed by atoms with E-state index < -0.39 is 0 Å². The van der Waals surface area contributed by atoms with Crippen LogP contribution in [0.15, 0.2) is 0 Å². The van der Waals surface area contributed by atoms with Gasteiger partial charge in [0.15, 0.2) is 0 Å². The molecule has 1 aliphatic carbocycles. The number of amides is 1. The molecule has 13 heavy (non-hydrogen) atoms. The number of likely N-dealkylation sites (tertiary alicyclic amines) is 1. The van der Waals surface area contributed by atoms with E-state index in [9.17, 15) is 4.79 Å². The molecule has 74 valence electrons. The van der Waals surface area contributed by atoms with Crippen molar-refractivity contribution in [3.63, 3.8) is 0 Å². The van der Waals surface area contributed by atoms with Gasteiger partial charge in [0.1, 0.15) is 0 Å². The minimum absolute atomic E-state index is 0.0835. The van der Waals surface area contributed by atoms with Crippen LogP contribution >= 0.6 is 0 Å². The van der Waals surface area contributed by atoms with Crippen LogP contribution in [0.1, 0.15) is 32.6 Å². The summed E-state index contributed by atoms with van der Waals surface area (Å²) in [4.78, 5) is 13.4. The molecule has 0 radical (unpaired) electrons. The lowest BCUT2D eigenvalue weighted by Gasteiger charge is -2.22. The highest BCUT2D eigenvalue weighted by atomic mass is 16.2. The van der Waals surface area contributed by atoms with Gasteiger partial charge in [-0.1, -0.05) is 6.92 Å². The number of hydrogen-bond acceptors (Lipinski definition) is 2. The van der Waals surface area contributed by atoms with Gasteiger partial charge in [0.05, 0.1) is 0 Å². The number of carbonyl (C=O) groups excluding carboxylic acids is 1. The van der Waals surface area contributed by atoms with Gasteiger partial charge in [-0.15, -0.1) is 0 Å². The summed E-state index contributed by atoms with van der Waals surface area (Å²) in [6.45, 7) is 3.95. The van der Waals surface area contributed by atoms with E-state index >= 15 is 0 Å². The molecule has 2 aliphatic rings. The maximum Gasteiger partial charge on any atom is 0.224 e. The highest BCUT2D eigenvalue weighted by Gasteiger charge is 2.44. The van der Waals surface area contributed by atoms with Gasteiger partial charge in [0.25, 0.3) is 0 Å². The molecule has 2 fully saturated rings. The molecule has 1 unspecified atom stereocenters. The second kappa shape index (κ2) is 2.98. The van der Waals surface area contributed by atoms with Crippen LogP contribution in [0.4, 0.5) is 0 Å². The Morgan fingerprint density at radius 1 is 1.62 bits per heavy atom. The van der Waals surface area contributed by atoms with Crippen LogP contribution in [0.25, 0.3) is 0 Å². The first-order valence-electron chi connectivity index (χ1n) is 5.18. The molecule has 2 rings (SSSR count). The molecule has 0 bridgehead atoms. The largest absolute Gasteiger partial charge is 0.341 e. The second-order valence-electron chi connectivity index (χ2n) is 4.59. The fourth-order valence-electron chi connectivity index (χ4n) is 2.16. The highest BCUT2D eigenvalue weighted by molar-refractivity contribution is 5.79. The van der Waals surface area contributed by atoms with Crippen LogP contribution in [0.5, 0.6) is 0 Å². The molecule has 0 aromatic heterocycles. The van der Waals surface area contributed by atoms with Crippen molar-refractivity contribution in [3.8, 4) is 0 Å². The lowest BCUT2D eigenvalue weighted by molar-refractivity contribution is -0.128. The third-order valence-corrected chi connectivity index (χ3v) is 3.48. The van der Waals surface area contributed by atoms with Gasteiger partial charge in [0.2, 0.25) is 5.91 Å². The molecule has 0 spiro atoms. The van der Waals surface area contributed by atoms with Crippen LogP contribution in [-0.4, -0.2) is 29.9 Å². The van der Waals surface area contributed by atoms with E-state index in [1.54, 1.807) is 0 Å². The van der Waals surface area contributed by atoms with Gasteiger partial charge in [-0.2, -0.15) is 0 Å². The Morgan fingerprint density at radius 3 is 2.69 bits per heavy atom. The van der Waals surface area contributed by atoms with Crippen LogP contribution in [0.3, 0.4) is 0 Å². The van der Waals surface area contributed by atoms with E-state index in [1.807, 2.05) is 4.90 Å². The monoisotopic (exact) mass is 182 g/mol. The number of nitrogens with two attached hydrogens (primary N) is 1. The molecule has 1 amide bonds. The summed E-state index contributed by atoms with van der Waals surface area (Å²) in [6.07, 6.45) is 4.34. The summed E-state index contributed by atoms with van der Waals surface area (Å²) in [5, 5.41) is 0. The molecule has 1 heterocycles. The van der Waals surface area contributed by atoms with Gasteiger partial charge in [0, 0.05) is 25.6 Å². The summed E-state index contributed by atoms with van der Waals surface area (Å²) in [6, 6.07) is 0.0835. The predicted molar refractivity (Wildman–Crippen MR) is 51.1 cm³/mol. The first kappa shape index (κ1) is 9.00. The van der Waals surface area contributed by atoms with Crippen LogP contribution < -0.4 is 5.73 Å². The van der Waals surface area contributed by atoms with Gasteiger partial charge < -0.3 is 10.6 Å². The SMILES string of the molecule is CCC1(CN2CC(N)CC2=O)CC1. The molecule has 3 heteroatoms. The van der Waals surface area contributed by atoms with Crippen molar-refractivity contribution in [1.29, 1.82) is 0 Å². The first-order valence-corrected chi connectivity index (χ1v) is 5.18. The summed E-state index contributed by atoms with van der Waals surface area (Å²) < 4.78 is 0. The van der Waals surface area contributed by atoms with E-state index in [-0.39, 0.29) is 11.9 Å². The zero-order valence-electron chi connectivity index (χ0n) is 8.25. The first-order chi connectivity index (χ1) is 6.15. The smallest absolute Gasteiger partial charge is 0.224 e. The minimum atomic E-state index is 0.0835. The predicted octanol–water partition coefficient (Wildman–Crippen LogP) is 0.736. The molecule has 0 aromatic rings. The van der Waals surface area contributed by atoms with Crippen LogP contribution in [-0.2, 0) is 4.79 Å². The summed E-state index contributed by atoms with van der Waals surface area (Å²) >= 11 is 0. The fourth-order valence-corrected chi connectivity index (χ4v) is 2.16. The quantitative estimate of drug-likeness (QED) is 0.699. The Morgan fingerprint density at radius 2 is 2.31 bits per heavy atom. The van der Waals surface area contributed by atoms with Crippen molar-refractivity contribution < 1.29 is 4.79 Å². The number of nitrogens with zero attached hydrogens (tertiary/aromatic N) is 1. The van der Waals surface area contributed by atoms with E-state index in [1.165, 1.54) is 19.3 Å². The molecule has 1 saturated heterocycles. The Hall–Kier alpha value is -0.570. The number of rotatable bonds is 3. The van der Waals surface area contributed by atoms with Gasteiger partial charge in [-0.25, -0.2) is 0 Å². The van der Waals surface area contributed by atoms with Crippen molar-refractivity contribution in [2.75, 3.05) is 13.1 Å². The van der Waals surface area contributed by atoms with Crippen molar-refractivity contribution in [1.82, 2.24) is 4.90 Å². The normalized spacial score (nSPS) is 31.1. The average Bonchev–Trinajstić information content (AvgIpc) is 2.77. The standard InChI is InChI=1S/C10H18N2O/c1-2-10(3-4-10)7-12-6-8(11)5-9(12)13/h8H,2-7,11H2,1H3. The van der Waals surface area contributed by atoms with Gasteiger partial charge >= 0.3 is 0 Å². The Bertz CT molecular complexity index is 223. The van der Waals surface area contributed by atoms with Crippen molar-refractivity contribution in [3.05, 3.63) is 0 Å². The third kappa shape index (κ3) is 1.70. The maximum atomic E-state index is 11.5. The van der Waals surface area contributed by atoms with E-state index in [2.05, 4.69) is 6.92 Å². The highest BCUT2D eigenvalue weighted by Crippen LogP contribution is 2.49. The molecule has 1 atom stereocenters. The summed E-state index contributed by atoms with van der Waals surface area (Å²) in [5.41, 5.74) is 6.21. The Kier molecular flexibility index (Phi) is 2.06. The third-order valence-electron chi connectivity index (χ3n) is 3.48. The van der Waals surface area contributed by atoms with Gasteiger partial charge in [-0.3, -0.25) is 4.79 Å².